The van der Waals surface area contributed by atoms with Crippen molar-refractivity contribution in [1.29, 1.82) is 0 Å². The molecule has 1 aliphatic heterocycles. The number of ether oxygens (including phenoxy) is 1. The number of aromatic nitrogens is 3. The number of hydrogen-bond acceptors (Lipinski definition) is 5. The molecule has 2 amide bonds. The van der Waals surface area contributed by atoms with Crippen LogP contribution >= 0.6 is 0 Å². The van der Waals surface area contributed by atoms with Crippen LogP contribution in [0.25, 0.3) is 6.08 Å². The van der Waals surface area contributed by atoms with Gasteiger partial charge in [-0.05, 0) is 29.3 Å². The molecule has 2 aromatic carbocycles. The number of carbonyl (C=O) groups is 2. The van der Waals surface area contributed by atoms with E-state index in [1.807, 2.05) is 54.6 Å². The predicted molar refractivity (Wildman–Crippen MR) is 109 cm³/mol. The zero-order chi connectivity index (χ0) is 20.2. The van der Waals surface area contributed by atoms with Crippen molar-refractivity contribution in [2.75, 3.05) is 17.7 Å². The molecule has 0 spiro atoms. The van der Waals surface area contributed by atoms with Gasteiger partial charge in [0.05, 0.1) is 19.6 Å². The lowest BCUT2D eigenvalue weighted by Crippen LogP contribution is -2.29. The largest absolute Gasteiger partial charge is 0.497 e. The van der Waals surface area contributed by atoms with Gasteiger partial charge in [-0.15, -0.1) is 5.10 Å². The number of nitrogens with one attached hydrogen (secondary N) is 2. The molecule has 8 heteroatoms. The van der Waals surface area contributed by atoms with Crippen molar-refractivity contribution in [3.05, 3.63) is 71.8 Å². The number of benzene rings is 2. The normalized spacial score (nSPS) is 15.6. The molecule has 146 valence electrons. The smallest absolute Gasteiger partial charge is 0.250 e. The Morgan fingerprint density at radius 1 is 1.21 bits per heavy atom. The molecule has 0 aliphatic carbocycles. The van der Waals surface area contributed by atoms with Crippen molar-refractivity contribution in [3.63, 3.8) is 0 Å². The van der Waals surface area contributed by atoms with E-state index in [2.05, 4.69) is 20.7 Å². The summed E-state index contributed by atoms with van der Waals surface area (Å²) in [5.74, 6) is 0.675. The van der Waals surface area contributed by atoms with Crippen LogP contribution in [0.4, 0.5) is 11.9 Å². The maximum Gasteiger partial charge on any atom is 0.250 e. The van der Waals surface area contributed by atoms with Gasteiger partial charge in [0.25, 0.3) is 11.9 Å². The first-order chi connectivity index (χ1) is 14.1. The Balaban J connectivity index is 1.49. The number of hydrogen-bond donors (Lipinski definition) is 2. The second-order valence-corrected chi connectivity index (χ2v) is 6.48. The molecule has 1 aliphatic rings. The molecule has 1 aromatic heterocycles. The summed E-state index contributed by atoms with van der Waals surface area (Å²) < 4.78 is 6.73. The highest BCUT2D eigenvalue weighted by atomic mass is 16.5. The third-order valence-corrected chi connectivity index (χ3v) is 4.52. The molecule has 0 unspecified atom stereocenters. The molecule has 4 rings (SSSR count). The van der Waals surface area contributed by atoms with Gasteiger partial charge in [-0.3, -0.25) is 20.2 Å². The van der Waals surface area contributed by atoms with Gasteiger partial charge in [0.15, 0.2) is 0 Å². The molecule has 2 N–H and O–H groups in total. The Labute approximate surface area is 167 Å². The highest BCUT2D eigenvalue weighted by Gasteiger charge is 2.29. The Hall–Kier alpha value is -3.94. The van der Waals surface area contributed by atoms with Crippen molar-refractivity contribution in [3.8, 4) is 5.75 Å². The number of rotatable bonds is 5. The molecule has 0 saturated heterocycles. The van der Waals surface area contributed by atoms with Crippen molar-refractivity contribution >= 4 is 29.8 Å². The van der Waals surface area contributed by atoms with E-state index in [0.717, 1.165) is 16.9 Å². The summed E-state index contributed by atoms with van der Waals surface area (Å²) in [6.07, 6.45) is 3.33. The fourth-order valence-corrected chi connectivity index (χ4v) is 3.09. The van der Waals surface area contributed by atoms with E-state index in [1.54, 1.807) is 17.9 Å². The van der Waals surface area contributed by atoms with Crippen LogP contribution in [0.3, 0.4) is 0 Å². The van der Waals surface area contributed by atoms with Crippen LogP contribution in [0.15, 0.2) is 60.7 Å². The Morgan fingerprint density at radius 2 is 1.97 bits per heavy atom. The Morgan fingerprint density at radius 3 is 2.69 bits per heavy atom. The van der Waals surface area contributed by atoms with Gasteiger partial charge in [0.1, 0.15) is 5.75 Å². The van der Waals surface area contributed by atoms with Crippen molar-refractivity contribution in [2.45, 2.75) is 12.5 Å². The topological polar surface area (TPSA) is 98.1 Å². The third-order valence-electron chi connectivity index (χ3n) is 4.52. The predicted octanol–water partition coefficient (Wildman–Crippen LogP) is 2.87. The fourth-order valence-electron chi connectivity index (χ4n) is 3.09. The standard InChI is InChI=1S/C21H19N5O3/c1-29-16-10-7-14(8-11-16)9-12-18(27)22-20-24-21-23-19(28)13-17(26(21)25-20)15-5-3-2-4-6-15/h2-12,17H,13H2,1H3,(H2,22,23,24,25,27,28)/b12-9+/t17-/m0/s1. The van der Waals surface area contributed by atoms with Gasteiger partial charge < -0.3 is 4.74 Å². The monoisotopic (exact) mass is 389 g/mol. The summed E-state index contributed by atoms with van der Waals surface area (Å²) in [5, 5.41) is 9.69. The third kappa shape index (κ3) is 4.16. The van der Waals surface area contributed by atoms with Crippen LogP contribution < -0.4 is 15.4 Å². The molecule has 3 aromatic rings. The van der Waals surface area contributed by atoms with Crippen LogP contribution in [-0.2, 0) is 9.59 Å². The average Bonchev–Trinajstić information content (AvgIpc) is 3.14. The number of fused-ring (bicyclic) bond motifs is 1. The fraction of sp³-hybridized carbons (Fsp3) is 0.143. The summed E-state index contributed by atoms with van der Waals surface area (Å²) >= 11 is 0. The molecular weight excluding hydrogens is 370 g/mol. The number of carbonyl (C=O) groups excluding carboxylic acids is 2. The lowest BCUT2D eigenvalue weighted by atomic mass is 10.0. The molecule has 29 heavy (non-hydrogen) atoms. The van der Waals surface area contributed by atoms with E-state index in [9.17, 15) is 9.59 Å². The molecule has 8 nitrogen and oxygen atoms in total. The van der Waals surface area contributed by atoms with Crippen LogP contribution in [0, 0.1) is 0 Å². The van der Waals surface area contributed by atoms with E-state index >= 15 is 0 Å². The van der Waals surface area contributed by atoms with Gasteiger partial charge in [-0.1, -0.05) is 42.5 Å². The first-order valence-electron chi connectivity index (χ1n) is 9.07. The van der Waals surface area contributed by atoms with E-state index in [4.69, 9.17) is 4.74 Å². The number of anilines is 2. The van der Waals surface area contributed by atoms with E-state index in [-0.39, 0.29) is 30.2 Å². The van der Waals surface area contributed by atoms with Gasteiger partial charge in [0, 0.05) is 6.08 Å². The molecule has 0 bridgehead atoms. The van der Waals surface area contributed by atoms with Crippen LogP contribution in [0.1, 0.15) is 23.6 Å². The van der Waals surface area contributed by atoms with Crippen molar-refractivity contribution < 1.29 is 14.3 Å². The zero-order valence-corrected chi connectivity index (χ0v) is 15.7. The van der Waals surface area contributed by atoms with E-state index in [1.165, 1.54) is 6.08 Å². The second kappa shape index (κ2) is 7.97. The average molecular weight is 389 g/mol. The summed E-state index contributed by atoms with van der Waals surface area (Å²) in [6, 6.07) is 16.6. The number of methoxy groups -OCH3 is 1. The molecular formula is C21H19N5O3. The summed E-state index contributed by atoms with van der Waals surface area (Å²) in [7, 11) is 1.60. The molecule has 0 radical (unpaired) electrons. The van der Waals surface area contributed by atoms with Crippen LogP contribution in [0.2, 0.25) is 0 Å². The maximum absolute atomic E-state index is 12.2. The van der Waals surface area contributed by atoms with E-state index < -0.39 is 0 Å². The minimum Gasteiger partial charge on any atom is -0.497 e. The minimum absolute atomic E-state index is 0.132. The summed E-state index contributed by atoms with van der Waals surface area (Å²) in [5.41, 5.74) is 1.81. The second-order valence-electron chi connectivity index (χ2n) is 6.48. The lowest BCUT2D eigenvalue weighted by Gasteiger charge is -2.23. The van der Waals surface area contributed by atoms with Gasteiger partial charge >= 0.3 is 0 Å². The minimum atomic E-state index is -0.369. The van der Waals surface area contributed by atoms with Crippen molar-refractivity contribution in [1.82, 2.24) is 14.8 Å². The summed E-state index contributed by atoms with van der Waals surface area (Å²) in [4.78, 5) is 28.5. The van der Waals surface area contributed by atoms with Gasteiger partial charge in [-0.25, -0.2) is 4.68 Å². The SMILES string of the molecule is COc1ccc(/C=C/C(=O)Nc2nc3n(n2)[C@H](c2ccccc2)CC(=O)N3)cc1. The molecule has 0 fully saturated rings. The van der Waals surface area contributed by atoms with Crippen molar-refractivity contribution in [2.24, 2.45) is 0 Å². The van der Waals surface area contributed by atoms with E-state index in [0.29, 0.717) is 5.95 Å². The first kappa shape index (κ1) is 18.4. The number of amides is 2. The van der Waals surface area contributed by atoms with Gasteiger partial charge in [0.2, 0.25) is 11.9 Å². The highest BCUT2D eigenvalue weighted by Crippen LogP contribution is 2.29. The first-order valence-corrected chi connectivity index (χ1v) is 9.07. The molecule has 0 saturated carbocycles. The zero-order valence-electron chi connectivity index (χ0n) is 15.7. The summed E-state index contributed by atoms with van der Waals surface area (Å²) in [6.45, 7) is 0. The molecule has 1 atom stereocenters. The quantitative estimate of drug-likeness (QED) is 0.654. The maximum atomic E-state index is 12.2. The Bertz CT molecular complexity index is 1060. The lowest BCUT2D eigenvalue weighted by molar-refractivity contribution is -0.117. The molecule has 2 heterocycles. The highest BCUT2D eigenvalue weighted by molar-refractivity contribution is 6.01. The van der Waals surface area contributed by atoms with Crippen LogP contribution in [0.5, 0.6) is 5.75 Å². The van der Waals surface area contributed by atoms with Crippen LogP contribution in [-0.4, -0.2) is 33.7 Å². The van der Waals surface area contributed by atoms with Gasteiger partial charge in [-0.2, -0.15) is 4.98 Å². The number of nitrogens with zero attached hydrogens (tertiary/aromatic N) is 3. The Kier molecular flexibility index (Phi) is 5.07.